The van der Waals surface area contributed by atoms with Gasteiger partial charge in [0, 0.05) is 25.9 Å². The summed E-state index contributed by atoms with van der Waals surface area (Å²) in [5, 5.41) is 8.86. The quantitative estimate of drug-likeness (QED) is 0.926. The summed E-state index contributed by atoms with van der Waals surface area (Å²) in [5.41, 5.74) is -0.281. The molecule has 1 aliphatic rings. The molecule has 5 nitrogen and oxygen atoms in total. The van der Waals surface area contributed by atoms with Gasteiger partial charge in [0.25, 0.3) is 5.91 Å². The number of hydrogen-bond donors (Lipinski definition) is 1. The standard InChI is InChI=1S/C19H18FNO4/c20-17-12-13(19(23)24)6-7-16(17)18(22)21-10-8-15(9-11-21)25-14-4-2-1-3-5-14/h1-7,12,15H,8-11H2,(H,23,24). The van der Waals surface area contributed by atoms with Gasteiger partial charge in [0.2, 0.25) is 0 Å². The average Bonchev–Trinajstić information content (AvgIpc) is 2.62. The Labute approximate surface area is 144 Å². The van der Waals surface area contributed by atoms with Crippen LogP contribution in [0, 0.1) is 5.82 Å². The van der Waals surface area contributed by atoms with Crippen molar-refractivity contribution in [1.29, 1.82) is 0 Å². The maximum absolute atomic E-state index is 14.0. The summed E-state index contributed by atoms with van der Waals surface area (Å²) < 4.78 is 19.9. The maximum Gasteiger partial charge on any atom is 0.335 e. The second-order valence-corrected chi connectivity index (χ2v) is 5.92. The molecule has 2 aromatic rings. The van der Waals surface area contributed by atoms with Gasteiger partial charge in [0.15, 0.2) is 0 Å². The van der Waals surface area contributed by atoms with Gasteiger partial charge < -0.3 is 14.7 Å². The van der Waals surface area contributed by atoms with Crippen LogP contribution in [0.15, 0.2) is 48.5 Å². The molecule has 6 heteroatoms. The van der Waals surface area contributed by atoms with Gasteiger partial charge in [-0.2, -0.15) is 0 Å². The molecular weight excluding hydrogens is 325 g/mol. The number of piperidine rings is 1. The topological polar surface area (TPSA) is 66.8 Å². The first-order chi connectivity index (χ1) is 12.0. The number of benzene rings is 2. The minimum absolute atomic E-state index is 0.0192. The number of amides is 1. The predicted molar refractivity (Wildman–Crippen MR) is 89.4 cm³/mol. The van der Waals surface area contributed by atoms with E-state index < -0.39 is 17.7 Å². The molecule has 1 saturated heterocycles. The summed E-state index contributed by atoms with van der Waals surface area (Å²) in [6, 6.07) is 12.8. The van der Waals surface area contributed by atoms with Crippen molar-refractivity contribution in [3.63, 3.8) is 0 Å². The second kappa shape index (κ2) is 7.34. The van der Waals surface area contributed by atoms with Gasteiger partial charge in [0.1, 0.15) is 17.7 Å². The van der Waals surface area contributed by atoms with E-state index in [1.165, 1.54) is 12.1 Å². The highest BCUT2D eigenvalue weighted by Crippen LogP contribution is 2.21. The molecule has 1 fully saturated rings. The van der Waals surface area contributed by atoms with Crippen molar-refractivity contribution in [2.75, 3.05) is 13.1 Å². The van der Waals surface area contributed by atoms with Gasteiger partial charge in [-0.3, -0.25) is 4.79 Å². The Morgan fingerprint density at radius 3 is 2.36 bits per heavy atom. The Bertz CT molecular complexity index is 770. The van der Waals surface area contributed by atoms with Crippen molar-refractivity contribution in [3.05, 3.63) is 65.5 Å². The van der Waals surface area contributed by atoms with E-state index in [1.807, 2.05) is 30.3 Å². The van der Waals surface area contributed by atoms with E-state index in [2.05, 4.69) is 0 Å². The van der Waals surface area contributed by atoms with E-state index in [-0.39, 0.29) is 17.2 Å². The highest BCUT2D eigenvalue weighted by atomic mass is 19.1. The number of ether oxygens (including phenoxy) is 1. The Hall–Kier alpha value is -2.89. The van der Waals surface area contributed by atoms with Crippen molar-refractivity contribution < 1.29 is 23.8 Å². The van der Waals surface area contributed by atoms with E-state index in [1.54, 1.807) is 4.90 Å². The number of aromatic carboxylic acids is 1. The van der Waals surface area contributed by atoms with Crippen LogP contribution in [-0.2, 0) is 0 Å². The summed E-state index contributed by atoms with van der Waals surface area (Å²) in [4.78, 5) is 24.9. The third-order valence-corrected chi connectivity index (χ3v) is 4.22. The minimum atomic E-state index is -1.23. The Kier molecular flexibility index (Phi) is 4.97. The fourth-order valence-corrected chi connectivity index (χ4v) is 2.86. The fourth-order valence-electron chi connectivity index (χ4n) is 2.86. The zero-order chi connectivity index (χ0) is 17.8. The molecule has 0 saturated carbocycles. The molecular formula is C19H18FNO4. The number of carbonyl (C=O) groups is 2. The van der Waals surface area contributed by atoms with Gasteiger partial charge in [0.05, 0.1) is 11.1 Å². The van der Waals surface area contributed by atoms with Crippen LogP contribution in [0.4, 0.5) is 4.39 Å². The molecule has 0 radical (unpaired) electrons. The number of nitrogens with zero attached hydrogens (tertiary/aromatic N) is 1. The van der Waals surface area contributed by atoms with E-state index in [0.29, 0.717) is 25.9 Å². The molecule has 2 aromatic carbocycles. The molecule has 3 rings (SSSR count). The van der Waals surface area contributed by atoms with Crippen molar-refractivity contribution in [2.45, 2.75) is 18.9 Å². The fraction of sp³-hybridized carbons (Fsp3) is 0.263. The average molecular weight is 343 g/mol. The zero-order valence-corrected chi connectivity index (χ0v) is 13.5. The van der Waals surface area contributed by atoms with Gasteiger partial charge in [-0.15, -0.1) is 0 Å². The molecule has 1 aliphatic heterocycles. The third-order valence-electron chi connectivity index (χ3n) is 4.22. The lowest BCUT2D eigenvalue weighted by atomic mass is 10.0. The summed E-state index contributed by atoms with van der Waals surface area (Å²) in [6.07, 6.45) is 1.34. The van der Waals surface area contributed by atoms with Crippen LogP contribution in [0.25, 0.3) is 0 Å². The summed E-state index contributed by atoms with van der Waals surface area (Å²) in [6.45, 7) is 0.937. The smallest absolute Gasteiger partial charge is 0.335 e. The highest BCUT2D eigenvalue weighted by molar-refractivity contribution is 5.96. The third kappa shape index (κ3) is 3.96. The number of rotatable bonds is 4. The van der Waals surface area contributed by atoms with Gasteiger partial charge in [-0.1, -0.05) is 18.2 Å². The molecule has 0 atom stereocenters. The van der Waals surface area contributed by atoms with Crippen LogP contribution in [0.3, 0.4) is 0 Å². The number of para-hydroxylation sites is 1. The van der Waals surface area contributed by atoms with Gasteiger partial charge >= 0.3 is 5.97 Å². The number of carbonyl (C=O) groups excluding carboxylic acids is 1. The Morgan fingerprint density at radius 2 is 1.76 bits per heavy atom. The molecule has 25 heavy (non-hydrogen) atoms. The number of hydrogen-bond acceptors (Lipinski definition) is 3. The first-order valence-electron chi connectivity index (χ1n) is 8.08. The van der Waals surface area contributed by atoms with E-state index >= 15 is 0 Å². The molecule has 1 amide bonds. The predicted octanol–water partition coefficient (Wildman–Crippen LogP) is 3.21. The largest absolute Gasteiger partial charge is 0.490 e. The first kappa shape index (κ1) is 17.0. The van der Waals surface area contributed by atoms with Crippen LogP contribution in [-0.4, -0.2) is 41.1 Å². The molecule has 0 spiro atoms. The summed E-state index contributed by atoms with van der Waals surface area (Å²) in [7, 11) is 0. The van der Waals surface area contributed by atoms with Crippen LogP contribution in [0.2, 0.25) is 0 Å². The van der Waals surface area contributed by atoms with Gasteiger partial charge in [-0.05, 0) is 30.3 Å². The van der Waals surface area contributed by atoms with E-state index in [0.717, 1.165) is 11.8 Å². The highest BCUT2D eigenvalue weighted by Gasteiger charge is 2.26. The molecule has 1 N–H and O–H groups in total. The van der Waals surface area contributed by atoms with Crippen LogP contribution >= 0.6 is 0 Å². The van der Waals surface area contributed by atoms with Crippen molar-refractivity contribution >= 4 is 11.9 Å². The van der Waals surface area contributed by atoms with Crippen LogP contribution in [0.1, 0.15) is 33.6 Å². The Morgan fingerprint density at radius 1 is 1.08 bits per heavy atom. The molecule has 130 valence electrons. The van der Waals surface area contributed by atoms with E-state index in [9.17, 15) is 14.0 Å². The van der Waals surface area contributed by atoms with Crippen molar-refractivity contribution in [3.8, 4) is 5.75 Å². The first-order valence-corrected chi connectivity index (χ1v) is 8.08. The normalized spacial score (nSPS) is 15.0. The number of halogens is 1. The maximum atomic E-state index is 14.0. The van der Waals surface area contributed by atoms with Crippen molar-refractivity contribution in [1.82, 2.24) is 4.90 Å². The molecule has 1 heterocycles. The van der Waals surface area contributed by atoms with E-state index in [4.69, 9.17) is 9.84 Å². The molecule has 0 aromatic heterocycles. The number of likely N-dealkylation sites (tertiary alicyclic amines) is 1. The SMILES string of the molecule is O=C(O)c1ccc(C(=O)N2CCC(Oc3ccccc3)CC2)c(F)c1. The zero-order valence-electron chi connectivity index (χ0n) is 13.5. The molecule has 0 bridgehead atoms. The summed E-state index contributed by atoms with van der Waals surface area (Å²) in [5.74, 6) is -1.67. The lowest BCUT2D eigenvalue weighted by molar-refractivity contribution is 0.0589. The number of carboxylic acid groups (broad SMARTS) is 1. The van der Waals surface area contributed by atoms with Crippen LogP contribution < -0.4 is 4.74 Å². The van der Waals surface area contributed by atoms with Crippen molar-refractivity contribution in [2.24, 2.45) is 0 Å². The molecule has 0 unspecified atom stereocenters. The minimum Gasteiger partial charge on any atom is -0.490 e. The monoisotopic (exact) mass is 343 g/mol. The van der Waals surface area contributed by atoms with Gasteiger partial charge in [-0.25, -0.2) is 9.18 Å². The summed E-state index contributed by atoms with van der Waals surface area (Å²) >= 11 is 0. The lowest BCUT2D eigenvalue weighted by Gasteiger charge is -2.32. The lowest BCUT2D eigenvalue weighted by Crippen LogP contribution is -2.42. The number of carboxylic acids is 1. The Balaban J connectivity index is 1.61. The van der Waals surface area contributed by atoms with Crippen LogP contribution in [0.5, 0.6) is 5.75 Å². The second-order valence-electron chi connectivity index (χ2n) is 5.92. The molecule has 0 aliphatic carbocycles.